The molecule has 0 bridgehead atoms. The topological polar surface area (TPSA) is 25.2 Å². The van der Waals surface area contributed by atoms with Crippen molar-refractivity contribution in [3.63, 3.8) is 0 Å². The molecule has 5 heteroatoms. The second-order valence-electron chi connectivity index (χ2n) is 6.96. The normalized spacial score (nSPS) is 14.6. The van der Waals surface area contributed by atoms with E-state index in [1.54, 1.807) is 11.8 Å². The van der Waals surface area contributed by atoms with Crippen molar-refractivity contribution in [3.05, 3.63) is 65.3 Å². The molecule has 0 aliphatic carbocycles. The zero-order valence-electron chi connectivity index (χ0n) is 15.2. The number of carbonyl (C=O) groups is 1. The van der Waals surface area contributed by atoms with Crippen molar-refractivity contribution in [1.82, 2.24) is 9.47 Å². The first-order chi connectivity index (χ1) is 13.2. The third-order valence-electron chi connectivity index (χ3n) is 5.11. The molecule has 1 aromatic heterocycles. The predicted molar refractivity (Wildman–Crippen MR) is 113 cm³/mol. The highest BCUT2D eigenvalue weighted by Gasteiger charge is 2.18. The average Bonchev–Trinajstić information content (AvgIpc) is 3.06. The predicted octanol–water partition coefficient (Wildman–Crippen LogP) is 5.60. The molecular weight excluding hydrogens is 376 g/mol. The molecule has 1 amide bonds. The van der Waals surface area contributed by atoms with Crippen LogP contribution in [0.25, 0.3) is 10.9 Å². The summed E-state index contributed by atoms with van der Waals surface area (Å²) in [7, 11) is 0. The number of rotatable bonds is 5. The fourth-order valence-electron chi connectivity index (χ4n) is 3.62. The van der Waals surface area contributed by atoms with Crippen molar-refractivity contribution < 1.29 is 4.79 Å². The van der Waals surface area contributed by atoms with Crippen LogP contribution in [0, 0.1) is 0 Å². The van der Waals surface area contributed by atoms with E-state index in [2.05, 4.69) is 35.0 Å². The summed E-state index contributed by atoms with van der Waals surface area (Å²) < 4.78 is 2.10. The number of likely N-dealkylation sites (tertiary alicyclic amines) is 1. The lowest BCUT2D eigenvalue weighted by atomic mass is 10.1. The van der Waals surface area contributed by atoms with Gasteiger partial charge in [0, 0.05) is 45.9 Å². The molecule has 1 aliphatic rings. The smallest absolute Gasteiger partial charge is 0.242 e. The number of piperidine rings is 1. The number of hydrogen-bond acceptors (Lipinski definition) is 2. The molecule has 0 N–H and O–H groups in total. The Bertz CT molecular complexity index is 946. The molecule has 1 fully saturated rings. The van der Waals surface area contributed by atoms with Crippen LogP contribution >= 0.6 is 23.4 Å². The fraction of sp³-hybridized carbons (Fsp3) is 0.318. The van der Waals surface area contributed by atoms with Gasteiger partial charge in [-0.1, -0.05) is 48.0 Å². The number of hydrogen-bond donors (Lipinski definition) is 0. The Morgan fingerprint density at radius 3 is 2.56 bits per heavy atom. The van der Waals surface area contributed by atoms with Crippen LogP contribution < -0.4 is 0 Å². The van der Waals surface area contributed by atoms with Gasteiger partial charge in [0.15, 0.2) is 0 Å². The number of benzene rings is 2. The van der Waals surface area contributed by atoms with Crippen molar-refractivity contribution in [2.75, 3.05) is 13.1 Å². The minimum atomic E-state index is 0.220. The molecule has 3 nitrogen and oxygen atoms in total. The first-order valence-corrected chi connectivity index (χ1v) is 10.8. The summed E-state index contributed by atoms with van der Waals surface area (Å²) in [6.07, 6.45) is 5.60. The van der Waals surface area contributed by atoms with E-state index in [0.717, 1.165) is 47.8 Å². The second kappa shape index (κ2) is 8.41. The van der Waals surface area contributed by atoms with Crippen LogP contribution in [-0.2, 0) is 17.1 Å². The van der Waals surface area contributed by atoms with Gasteiger partial charge in [0.05, 0.1) is 0 Å². The first-order valence-electron chi connectivity index (χ1n) is 9.44. The van der Waals surface area contributed by atoms with Crippen molar-refractivity contribution in [2.45, 2.75) is 36.5 Å². The number of nitrogens with zero attached hydrogens (tertiary/aromatic N) is 2. The number of carbonyl (C=O) groups excluding carboxylic acids is 1. The van der Waals surface area contributed by atoms with Crippen molar-refractivity contribution in [2.24, 2.45) is 0 Å². The molecular formula is C22H23ClN2OS. The van der Waals surface area contributed by atoms with Gasteiger partial charge in [0.1, 0.15) is 6.54 Å². The summed E-state index contributed by atoms with van der Waals surface area (Å²) in [5.41, 5.74) is 2.25. The second-order valence-corrected chi connectivity index (χ2v) is 8.38. The summed E-state index contributed by atoms with van der Waals surface area (Å²) in [4.78, 5) is 15.9. The maximum absolute atomic E-state index is 12.7. The molecule has 0 atom stereocenters. The maximum atomic E-state index is 12.7. The summed E-state index contributed by atoms with van der Waals surface area (Å²) >= 11 is 8.07. The number of para-hydroxylation sites is 1. The zero-order chi connectivity index (χ0) is 18.6. The molecule has 27 heavy (non-hydrogen) atoms. The highest BCUT2D eigenvalue weighted by molar-refractivity contribution is 7.98. The lowest BCUT2D eigenvalue weighted by Crippen LogP contribution is -2.37. The van der Waals surface area contributed by atoms with Gasteiger partial charge in [-0.25, -0.2) is 0 Å². The van der Waals surface area contributed by atoms with Gasteiger partial charge in [-0.15, -0.1) is 11.8 Å². The van der Waals surface area contributed by atoms with Gasteiger partial charge >= 0.3 is 0 Å². The molecule has 0 saturated carbocycles. The van der Waals surface area contributed by atoms with Gasteiger partial charge in [-0.05, 0) is 37.0 Å². The van der Waals surface area contributed by atoms with Crippen molar-refractivity contribution in [1.29, 1.82) is 0 Å². The molecule has 3 aromatic rings. The number of halogens is 1. The molecule has 1 saturated heterocycles. The number of thioether (sulfide) groups is 1. The lowest BCUT2D eigenvalue weighted by molar-refractivity contribution is -0.132. The number of fused-ring (bicyclic) bond motifs is 1. The summed E-state index contributed by atoms with van der Waals surface area (Å²) in [6.45, 7) is 2.20. The highest BCUT2D eigenvalue weighted by atomic mass is 35.5. The minimum Gasteiger partial charge on any atom is -0.341 e. The molecule has 2 aromatic carbocycles. The lowest BCUT2D eigenvalue weighted by Gasteiger charge is -2.27. The van der Waals surface area contributed by atoms with E-state index in [1.807, 2.05) is 29.2 Å². The Kier molecular flexibility index (Phi) is 5.74. The number of aromatic nitrogens is 1. The molecule has 0 radical (unpaired) electrons. The minimum absolute atomic E-state index is 0.220. The Balaban J connectivity index is 1.55. The Morgan fingerprint density at radius 1 is 1.00 bits per heavy atom. The first kappa shape index (κ1) is 18.5. The molecule has 140 valence electrons. The highest BCUT2D eigenvalue weighted by Crippen LogP contribution is 2.33. The van der Waals surface area contributed by atoms with E-state index in [-0.39, 0.29) is 5.91 Å². The zero-order valence-corrected chi connectivity index (χ0v) is 16.8. The molecule has 0 spiro atoms. The van der Waals surface area contributed by atoms with Gasteiger partial charge in [0.2, 0.25) is 5.91 Å². The van der Waals surface area contributed by atoms with Crippen molar-refractivity contribution >= 4 is 40.2 Å². The van der Waals surface area contributed by atoms with E-state index in [1.165, 1.54) is 16.7 Å². The van der Waals surface area contributed by atoms with Crippen molar-refractivity contribution in [3.8, 4) is 0 Å². The van der Waals surface area contributed by atoms with Gasteiger partial charge in [-0.3, -0.25) is 4.79 Å². The molecule has 1 aliphatic heterocycles. The third-order valence-corrected chi connectivity index (χ3v) is 6.57. The summed E-state index contributed by atoms with van der Waals surface area (Å²) in [5, 5.41) is 2.00. The van der Waals surface area contributed by atoms with E-state index in [4.69, 9.17) is 11.6 Å². The van der Waals surface area contributed by atoms with Gasteiger partial charge in [-0.2, -0.15) is 0 Å². The van der Waals surface area contributed by atoms with Gasteiger partial charge in [0.25, 0.3) is 0 Å². The van der Waals surface area contributed by atoms with Crippen LogP contribution in [0.5, 0.6) is 0 Å². The fourth-order valence-corrected chi connectivity index (χ4v) is 4.99. The Morgan fingerprint density at radius 2 is 1.74 bits per heavy atom. The maximum Gasteiger partial charge on any atom is 0.242 e. The van der Waals surface area contributed by atoms with E-state index in [9.17, 15) is 4.79 Å². The quantitative estimate of drug-likeness (QED) is 0.522. The van der Waals surface area contributed by atoms with Crippen LogP contribution in [0.1, 0.15) is 24.8 Å². The molecule has 2 heterocycles. The standard InChI is InChI=1S/C22H23ClN2OS/c23-19-10-4-2-8-17(19)16-27-21-14-25(20-11-5-3-9-18(20)21)15-22(26)24-12-6-1-7-13-24/h2-5,8-11,14H,1,6-7,12-13,15-16H2. The SMILES string of the molecule is O=C(Cn1cc(SCc2ccccc2Cl)c2ccccc21)N1CCCCC1. The molecule has 4 rings (SSSR count). The largest absolute Gasteiger partial charge is 0.341 e. The van der Waals surface area contributed by atoms with Crippen LogP contribution in [0.4, 0.5) is 0 Å². The summed E-state index contributed by atoms with van der Waals surface area (Å²) in [5.74, 6) is 1.03. The van der Waals surface area contributed by atoms with E-state index in [0.29, 0.717) is 6.54 Å². The third kappa shape index (κ3) is 4.17. The van der Waals surface area contributed by atoms with Crippen LogP contribution in [0.2, 0.25) is 5.02 Å². The van der Waals surface area contributed by atoms with Crippen LogP contribution in [0.15, 0.2) is 59.6 Å². The Hall–Kier alpha value is -1.91. The average molecular weight is 399 g/mol. The summed E-state index contributed by atoms with van der Waals surface area (Å²) in [6, 6.07) is 16.3. The van der Waals surface area contributed by atoms with Crippen LogP contribution in [0.3, 0.4) is 0 Å². The van der Waals surface area contributed by atoms with Gasteiger partial charge < -0.3 is 9.47 Å². The monoisotopic (exact) mass is 398 g/mol. The molecule has 0 unspecified atom stereocenters. The Labute approximate surface area is 169 Å². The van der Waals surface area contributed by atoms with Crippen LogP contribution in [-0.4, -0.2) is 28.5 Å². The van der Waals surface area contributed by atoms with E-state index >= 15 is 0 Å². The van der Waals surface area contributed by atoms with E-state index < -0.39 is 0 Å². The number of amides is 1.